The van der Waals surface area contributed by atoms with Crippen LogP contribution in [0.1, 0.15) is 22.9 Å². The van der Waals surface area contributed by atoms with Crippen LogP contribution in [-0.2, 0) is 17.6 Å². The van der Waals surface area contributed by atoms with Gasteiger partial charge in [-0.1, -0.05) is 6.07 Å². The van der Waals surface area contributed by atoms with Crippen LogP contribution in [0.3, 0.4) is 0 Å². The number of carbonyl (C=O) groups is 1. The summed E-state index contributed by atoms with van der Waals surface area (Å²) < 4.78 is 29.5. The average Bonchev–Trinajstić information content (AvgIpc) is 3.71. The number of amides is 1. The molecular weight excluding hydrogens is 558 g/mol. The van der Waals surface area contributed by atoms with Gasteiger partial charge in [0.25, 0.3) is 0 Å². The summed E-state index contributed by atoms with van der Waals surface area (Å²) in [5.41, 5.74) is 7.80. The number of hydrogen-bond acceptors (Lipinski definition) is 6. The number of pyridine rings is 1. The van der Waals surface area contributed by atoms with E-state index in [2.05, 4.69) is 25.5 Å². The molecule has 7 rings (SSSR count). The molecule has 0 fully saturated rings. The molecule has 4 heterocycles. The summed E-state index contributed by atoms with van der Waals surface area (Å²) in [4.78, 5) is 26.0. The highest BCUT2D eigenvalue weighted by atomic mass is 32.1. The van der Waals surface area contributed by atoms with Crippen LogP contribution < -0.4 is 5.32 Å². The van der Waals surface area contributed by atoms with Gasteiger partial charge in [0.05, 0.1) is 45.6 Å². The van der Waals surface area contributed by atoms with Gasteiger partial charge in [0.2, 0.25) is 5.91 Å². The van der Waals surface area contributed by atoms with Crippen molar-refractivity contribution in [1.29, 1.82) is 0 Å². The topological polar surface area (TPSA) is 120 Å². The van der Waals surface area contributed by atoms with Crippen LogP contribution in [0.5, 0.6) is 5.75 Å². The third kappa shape index (κ3) is 4.94. The molecule has 0 saturated heterocycles. The number of thiazole rings is 1. The standard InChI is InChI=1S/C31H22F2N6O2S/c32-19-5-16(6-20(33)10-19)7-27(37-30(41)9-18-13-34-24-3-2-21(40)11-22(18)24)31-23(12-25-28(38-31)14-36-39-25)17-1-4-29-26(8-17)35-15-42-29/h1-6,8,10-15,27,34,40H,7,9H2,(H,36,39)(H,37,41). The molecule has 1 atom stereocenters. The number of halogens is 2. The maximum atomic E-state index is 14.2. The van der Waals surface area contributed by atoms with E-state index in [0.717, 1.165) is 38.3 Å². The average molecular weight is 581 g/mol. The maximum absolute atomic E-state index is 14.2. The second kappa shape index (κ2) is 10.3. The fraction of sp³-hybridized carbons (Fsp3) is 0.0968. The van der Waals surface area contributed by atoms with Crippen LogP contribution in [-0.4, -0.2) is 36.2 Å². The fourth-order valence-electron chi connectivity index (χ4n) is 5.33. The minimum Gasteiger partial charge on any atom is -0.508 e. The number of nitrogens with one attached hydrogen (secondary N) is 3. The van der Waals surface area contributed by atoms with E-state index in [1.54, 1.807) is 36.1 Å². The molecular formula is C31H22F2N6O2S. The van der Waals surface area contributed by atoms with Crippen LogP contribution in [0.15, 0.2) is 78.6 Å². The first-order valence-corrected chi connectivity index (χ1v) is 14.0. The number of carbonyl (C=O) groups excluding carboxylic acids is 1. The molecule has 4 N–H and O–H groups in total. The van der Waals surface area contributed by atoms with Crippen molar-refractivity contribution in [2.24, 2.45) is 0 Å². The Balaban J connectivity index is 1.32. The zero-order valence-electron chi connectivity index (χ0n) is 21.9. The number of aromatic amines is 2. The molecule has 0 saturated carbocycles. The summed E-state index contributed by atoms with van der Waals surface area (Å²) in [5, 5.41) is 20.8. The fourth-order valence-corrected chi connectivity index (χ4v) is 5.99. The SMILES string of the molecule is O=C(Cc1c[nH]c2ccc(O)cc12)NC(Cc1cc(F)cc(F)c1)c1nc2cn[nH]c2cc1-c1ccc2scnc2c1. The van der Waals surface area contributed by atoms with Crippen LogP contribution in [0.2, 0.25) is 0 Å². The summed E-state index contributed by atoms with van der Waals surface area (Å²) in [5.74, 6) is -1.65. The Hall–Kier alpha value is -5.16. The van der Waals surface area contributed by atoms with Gasteiger partial charge in [0, 0.05) is 28.7 Å². The predicted molar refractivity (Wildman–Crippen MR) is 157 cm³/mol. The van der Waals surface area contributed by atoms with E-state index in [4.69, 9.17) is 4.98 Å². The number of hydrogen-bond donors (Lipinski definition) is 4. The Morgan fingerprint density at radius 1 is 1.00 bits per heavy atom. The summed E-state index contributed by atoms with van der Waals surface area (Å²) in [7, 11) is 0. The minimum absolute atomic E-state index is 0.00549. The lowest BCUT2D eigenvalue weighted by atomic mass is 9.94. The van der Waals surface area contributed by atoms with Gasteiger partial charge < -0.3 is 15.4 Å². The molecule has 7 aromatic rings. The first kappa shape index (κ1) is 25.8. The normalized spacial score (nSPS) is 12.3. The van der Waals surface area contributed by atoms with Crippen LogP contribution in [0.4, 0.5) is 8.78 Å². The van der Waals surface area contributed by atoms with Crippen molar-refractivity contribution in [2.45, 2.75) is 18.9 Å². The predicted octanol–water partition coefficient (Wildman–Crippen LogP) is 6.34. The molecule has 0 aliphatic heterocycles. The number of phenols is 1. The van der Waals surface area contributed by atoms with E-state index in [0.29, 0.717) is 27.9 Å². The minimum atomic E-state index is -0.752. The molecule has 1 unspecified atom stereocenters. The molecule has 0 aliphatic carbocycles. The number of phenolic OH excluding ortho intramolecular Hbond substituents is 1. The molecule has 4 aromatic heterocycles. The van der Waals surface area contributed by atoms with Crippen molar-refractivity contribution in [3.63, 3.8) is 0 Å². The molecule has 0 radical (unpaired) electrons. The van der Waals surface area contributed by atoms with E-state index in [9.17, 15) is 18.7 Å². The largest absolute Gasteiger partial charge is 0.508 e. The van der Waals surface area contributed by atoms with Crippen LogP contribution in [0.25, 0.3) is 43.3 Å². The second-order valence-electron chi connectivity index (χ2n) is 10.1. The number of rotatable bonds is 7. The molecule has 208 valence electrons. The quantitative estimate of drug-likeness (QED) is 0.175. The lowest BCUT2D eigenvalue weighted by molar-refractivity contribution is -0.121. The third-order valence-electron chi connectivity index (χ3n) is 7.22. The monoisotopic (exact) mass is 580 g/mol. The highest BCUT2D eigenvalue weighted by Gasteiger charge is 2.24. The van der Waals surface area contributed by atoms with Gasteiger partial charge in [-0.2, -0.15) is 5.10 Å². The van der Waals surface area contributed by atoms with Crippen LogP contribution in [0, 0.1) is 11.6 Å². The van der Waals surface area contributed by atoms with Gasteiger partial charge in [-0.05, 0) is 71.6 Å². The van der Waals surface area contributed by atoms with Crippen molar-refractivity contribution < 1.29 is 18.7 Å². The zero-order chi connectivity index (χ0) is 28.8. The first-order valence-electron chi connectivity index (χ1n) is 13.1. The van der Waals surface area contributed by atoms with Crippen molar-refractivity contribution in [1.82, 2.24) is 30.5 Å². The third-order valence-corrected chi connectivity index (χ3v) is 8.03. The lowest BCUT2D eigenvalue weighted by Gasteiger charge is -2.22. The van der Waals surface area contributed by atoms with Crippen molar-refractivity contribution in [3.8, 4) is 16.9 Å². The Morgan fingerprint density at radius 3 is 2.71 bits per heavy atom. The summed E-state index contributed by atoms with van der Waals surface area (Å²) in [6.07, 6.45) is 3.40. The Bertz CT molecular complexity index is 2100. The number of H-pyrrole nitrogens is 2. The molecule has 42 heavy (non-hydrogen) atoms. The zero-order valence-corrected chi connectivity index (χ0v) is 22.7. The number of fused-ring (bicyclic) bond motifs is 3. The molecule has 0 aliphatic rings. The van der Waals surface area contributed by atoms with Crippen molar-refractivity contribution in [2.75, 3.05) is 0 Å². The van der Waals surface area contributed by atoms with Gasteiger partial charge in [-0.25, -0.2) is 18.7 Å². The molecule has 8 nitrogen and oxygen atoms in total. The smallest absolute Gasteiger partial charge is 0.225 e. The molecule has 0 bridgehead atoms. The molecule has 1 amide bonds. The van der Waals surface area contributed by atoms with E-state index >= 15 is 0 Å². The summed E-state index contributed by atoms with van der Waals surface area (Å²) in [6, 6.07) is 15.3. The van der Waals surface area contributed by atoms with Gasteiger partial charge in [-0.3, -0.25) is 9.89 Å². The van der Waals surface area contributed by atoms with Gasteiger partial charge in [0.15, 0.2) is 0 Å². The van der Waals surface area contributed by atoms with E-state index in [-0.39, 0.29) is 24.5 Å². The van der Waals surface area contributed by atoms with Gasteiger partial charge in [-0.15, -0.1) is 11.3 Å². The van der Waals surface area contributed by atoms with E-state index in [1.807, 2.05) is 24.3 Å². The first-order chi connectivity index (χ1) is 20.4. The number of aromatic hydroxyl groups is 1. The highest BCUT2D eigenvalue weighted by molar-refractivity contribution is 7.16. The van der Waals surface area contributed by atoms with Gasteiger partial charge in [0.1, 0.15) is 22.9 Å². The Morgan fingerprint density at radius 2 is 1.86 bits per heavy atom. The maximum Gasteiger partial charge on any atom is 0.225 e. The number of nitrogens with zero attached hydrogens (tertiary/aromatic N) is 3. The number of benzene rings is 3. The van der Waals surface area contributed by atoms with Gasteiger partial charge >= 0.3 is 0 Å². The molecule has 0 spiro atoms. The van der Waals surface area contributed by atoms with E-state index < -0.39 is 17.7 Å². The van der Waals surface area contributed by atoms with Crippen LogP contribution >= 0.6 is 11.3 Å². The Labute approximate surface area is 241 Å². The number of aromatic nitrogens is 5. The van der Waals surface area contributed by atoms with Crippen molar-refractivity contribution >= 4 is 49.4 Å². The summed E-state index contributed by atoms with van der Waals surface area (Å²) >= 11 is 1.53. The second-order valence-corrected chi connectivity index (χ2v) is 11.0. The van der Waals surface area contributed by atoms with Crippen molar-refractivity contribution in [3.05, 3.63) is 107 Å². The summed E-state index contributed by atoms with van der Waals surface area (Å²) in [6.45, 7) is 0. The Kier molecular flexibility index (Phi) is 6.35. The highest BCUT2D eigenvalue weighted by Crippen LogP contribution is 2.34. The van der Waals surface area contributed by atoms with E-state index in [1.165, 1.54) is 23.5 Å². The lowest BCUT2D eigenvalue weighted by Crippen LogP contribution is -2.32. The molecule has 3 aromatic carbocycles. The molecule has 11 heteroatoms.